The SMILES string of the molecule is Fc1ccc(CNCCc2ncno2)cc1C(F)(F)F. The van der Waals surface area contributed by atoms with Gasteiger partial charge in [-0.2, -0.15) is 18.2 Å². The van der Waals surface area contributed by atoms with E-state index >= 15 is 0 Å². The summed E-state index contributed by atoms with van der Waals surface area (Å²) >= 11 is 0. The van der Waals surface area contributed by atoms with Crippen molar-refractivity contribution in [3.05, 3.63) is 47.4 Å². The molecule has 1 N–H and O–H groups in total. The van der Waals surface area contributed by atoms with Gasteiger partial charge in [-0.15, -0.1) is 0 Å². The Morgan fingerprint density at radius 3 is 2.70 bits per heavy atom. The fourth-order valence-corrected chi connectivity index (χ4v) is 1.63. The first-order valence-corrected chi connectivity index (χ1v) is 5.78. The van der Waals surface area contributed by atoms with Crippen molar-refractivity contribution >= 4 is 0 Å². The van der Waals surface area contributed by atoms with E-state index in [2.05, 4.69) is 15.5 Å². The van der Waals surface area contributed by atoms with E-state index in [-0.39, 0.29) is 6.54 Å². The van der Waals surface area contributed by atoms with Gasteiger partial charge >= 0.3 is 6.18 Å². The Bertz CT molecular complexity index is 554. The summed E-state index contributed by atoms with van der Waals surface area (Å²) in [7, 11) is 0. The molecule has 0 saturated carbocycles. The van der Waals surface area contributed by atoms with E-state index in [0.29, 0.717) is 24.4 Å². The molecule has 0 saturated heterocycles. The second kappa shape index (κ2) is 6.00. The quantitative estimate of drug-likeness (QED) is 0.679. The molecule has 0 bridgehead atoms. The van der Waals surface area contributed by atoms with Gasteiger partial charge in [0.25, 0.3) is 0 Å². The number of nitrogens with one attached hydrogen (secondary N) is 1. The fraction of sp³-hybridized carbons (Fsp3) is 0.333. The van der Waals surface area contributed by atoms with Crippen molar-refractivity contribution in [1.29, 1.82) is 0 Å². The molecule has 0 aliphatic heterocycles. The van der Waals surface area contributed by atoms with Crippen LogP contribution in [0.15, 0.2) is 29.0 Å². The fourth-order valence-electron chi connectivity index (χ4n) is 1.63. The minimum absolute atomic E-state index is 0.192. The minimum Gasteiger partial charge on any atom is -0.340 e. The molecule has 1 aromatic heterocycles. The maximum Gasteiger partial charge on any atom is 0.419 e. The molecule has 4 nitrogen and oxygen atoms in total. The first-order valence-electron chi connectivity index (χ1n) is 5.78. The molecule has 0 amide bonds. The van der Waals surface area contributed by atoms with Gasteiger partial charge in [-0.1, -0.05) is 11.2 Å². The Labute approximate surface area is 111 Å². The van der Waals surface area contributed by atoms with Crippen molar-refractivity contribution in [2.45, 2.75) is 19.1 Å². The van der Waals surface area contributed by atoms with Crippen LogP contribution in [0, 0.1) is 5.82 Å². The van der Waals surface area contributed by atoms with Gasteiger partial charge in [-0.25, -0.2) is 4.39 Å². The van der Waals surface area contributed by atoms with Gasteiger partial charge < -0.3 is 9.84 Å². The summed E-state index contributed by atoms with van der Waals surface area (Å²) in [6.07, 6.45) is -2.96. The molecule has 0 atom stereocenters. The minimum atomic E-state index is -4.69. The number of hydrogen-bond acceptors (Lipinski definition) is 4. The first-order chi connectivity index (χ1) is 9.47. The lowest BCUT2D eigenvalue weighted by molar-refractivity contribution is -0.140. The molecule has 8 heteroatoms. The number of alkyl halides is 3. The highest BCUT2D eigenvalue weighted by Gasteiger charge is 2.34. The Kier molecular flexibility index (Phi) is 4.33. The van der Waals surface area contributed by atoms with Crippen LogP contribution >= 0.6 is 0 Å². The molecule has 0 spiro atoms. The van der Waals surface area contributed by atoms with Crippen molar-refractivity contribution in [2.75, 3.05) is 6.54 Å². The topological polar surface area (TPSA) is 51.0 Å². The zero-order chi connectivity index (χ0) is 14.6. The molecule has 0 fully saturated rings. The van der Waals surface area contributed by atoms with Crippen molar-refractivity contribution in [1.82, 2.24) is 15.5 Å². The lowest BCUT2D eigenvalue weighted by Gasteiger charge is -2.10. The molecular formula is C12H11F4N3O. The standard InChI is InChI=1S/C12H11F4N3O/c13-10-2-1-8(5-9(10)12(14,15)16)6-17-4-3-11-18-7-19-20-11/h1-2,5,7,17H,3-4,6H2. The van der Waals surface area contributed by atoms with E-state index in [9.17, 15) is 17.6 Å². The Balaban J connectivity index is 1.90. The number of nitrogens with zero attached hydrogens (tertiary/aromatic N) is 2. The summed E-state index contributed by atoms with van der Waals surface area (Å²) in [6.45, 7) is 0.651. The van der Waals surface area contributed by atoms with Crippen LogP contribution in [0.3, 0.4) is 0 Å². The lowest BCUT2D eigenvalue weighted by Crippen LogP contribution is -2.17. The average Bonchev–Trinajstić information content (AvgIpc) is 2.88. The van der Waals surface area contributed by atoms with Crippen molar-refractivity contribution < 1.29 is 22.1 Å². The van der Waals surface area contributed by atoms with Crippen LogP contribution < -0.4 is 5.32 Å². The zero-order valence-corrected chi connectivity index (χ0v) is 10.2. The second-order valence-corrected chi connectivity index (χ2v) is 4.07. The molecule has 1 heterocycles. The van der Waals surface area contributed by atoms with Crippen LogP contribution in [0.5, 0.6) is 0 Å². The molecule has 1 aromatic carbocycles. The molecule has 108 valence electrons. The Morgan fingerprint density at radius 2 is 2.05 bits per heavy atom. The van der Waals surface area contributed by atoms with E-state index in [1.165, 1.54) is 12.4 Å². The van der Waals surface area contributed by atoms with Crippen LogP contribution in [-0.2, 0) is 19.1 Å². The zero-order valence-electron chi connectivity index (χ0n) is 10.2. The van der Waals surface area contributed by atoms with Crippen LogP contribution in [0.2, 0.25) is 0 Å². The number of halogens is 4. The Hall–Kier alpha value is -1.96. The molecule has 2 aromatic rings. The molecule has 0 unspecified atom stereocenters. The normalized spacial score (nSPS) is 11.8. The molecular weight excluding hydrogens is 278 g/mol. The predicted molar refractivity (Wildman–Crippen MR) is 61.1 cm³/mol. The van der Waals surface area contributed by atoms with Gasteiger partial charge in [0.1, 0.15) is 5.82 Å². The Morgan fingerprint density at radius 1 is 1.25 bits per heavy atom. The van der Waals surface area contributed by atoms with Gasteiger partial charge in [-0.05, 0) is 17.7 Å². The summed E-state index contributed by atoms with van der Waals surface area (Å²) < 4.78 is 55.4. The second-order valence-electron chi connectivity index (χ2n) is 4.07. The van der Waals surface area contributed by atoms with E-state index in [4.69, 9.17) is 4.52 Å². The van der Waals surface area contributed by atoms with Gasteiger partial charge in [0.05, 0.1) is 5.56 Å². The summed E-state index contributed by atoms with van der Waals surface area (Å²) in [6, 6.07) is 2.93. The average molecular weight is 289 g/mol. The van der Waals surface area contributed by atoms with Crippen molar-refractivity contribution in [3.8, 4) is 0 Å². The maximum absolute atomic E-state index is 13.1. The number of rotatable bonds is 5. The van der Waals surface area contributed by atoms with E-state index in [1.54, 1.807) is 0 Å². The van der Waals surface area contributed by atoms with Crippen LogP contribution in [0.1, 0.15) is 17.0 Å². The highest BCUT2D eigenvalue weighted by molar-refractivity contribution is 5.27. The number of aromatic nitrogens is 2. The van der Waals surface area contributed by atoms with Crippen molar-refractivity contribution in [3.63, 3.8) is 0 Å². The molecule has 2 rings (SSSR count). The van der Waals surface area contributed by atoms with Gasteiger partial charge in [0, 0.05) is 19.5 Å². The molecule has 0 radical (unpaired) electrons. The van der Waals surface area contributed by atoms with E-state index in [1.807, 2.05) is 0 Å². The predicted octanol–water partition coefficient (Wildman–Crippen LogP) is 2.56. The van der Waals surface area contributed by atoms with Crippen LogP contribution in [-0.4, -0.2) is 16.7 Å². The third-order valence-electron chi connectivity index (χ3n) is 2.59. The largest absolute Gasteiger partial charge is 0.419 e. The van der Waals surface area contributed by atoms with Crippen LogP contribution in [0.4, 0.5) is 17.6 Å². The maximum atomic E-state index is 13.1. The lowest BCUT2D eigenvalue weighted by atomic mass is 10.1. The van der Waals surface area contributed by atoms with Gasteiger partial charge in [-0.3, -0.25) is 0 Å². The van der Waals surface area contributed by atoms with Crippen LogP contribution in [0.25, 0.3) is 0 Å². The molecule has 0 aliphatic rings. The highest BCUT2D eigenvalue weighted by atomic mass is 19.4. The van der Waals surface area contributed by atoms with Gasteiger partial charge in [0.15, 0.2) is 6.33 Å². The number of benzene rings is 1. The van der Waals surface area contributed by atoms with Crippen molar-refractivity contribution in [2.24, 2.45) is 0 Å². The summed E-state index contributed by atoms with van der Waals surface area (Å²) in [4.78, 5) is 3.80. The smallest absolute Gasteiger partial charge is 0.340 e. The first kappa shape index (κ1) is 14.4. The third kappa shape index (κ3) is 3.77. The van der Waals surface area contributed by atoms with E-state index in [0.717, 1.165) is 12.1 Å². The summed E-state index contributed by atoms with van der Waals surface area (Å²) in [5.74, 6) is -0.834. The van der Waals surface area contributed by atoms with E-state index < -0.39 is 17.6 Å². The molecule has 20 heavy (non-hydrogen) atoms. The number of hydrogen-bond donors (Lipinski definition) is 1. The third-order valence-corrected chi connectivity index (χ3v) is 2.59. The molecule has 0 aliphatic carbocycles. The monoisotopic (exact) mass is 289 g/mol. The highest BCUT2D eigenvalue weighted by Crippen LogP contribution is 2.31. The summed E-state index contributed by atoms with van der Waals surface area (Å²) in [5.41, 5.74) is -0.905. The summed E-state index contributed by atoms with van der Waals surface area (Å²) in [5, 5.41) is 6.35. The van der Waals surface area contributed by atoms with Gasteiger partial charge in [0.2, 0.25) is 5.89 Å².